The van der Waals surface area contributed by atoms with Crippen LogP contribution in [0.25, 0.3) is 0 Å². The molecule has 2 aromatic carbocycles. The first kappa shape index (κ1) is 19.0. The summed E-state index contributed by atoms with van der Waals surface area (Å²) in [5.41, 5.74) is 1.38. The van der Waals surface area contributed by atoms with E-state index >= 15 is 0 Å². The highest BCUT2D eigenvalue weighted by molar-refractivity contribution is 5.97. The number of Topliss-reactive ketones (excluding diaryl/α,β-unsaturated/α-hetero) is 1. The second kappa shape index (κ2) is 8.31. The molecule has 1 fully saturated rings. The standard InChI is InChI=1S/C21H24O6/c1-13-8-9-26-21(13)15-5-7-19(20(11-15)25-3)27-12-17(23)14-4-6-18(24-2)16(22)10-14/h4-7,10-11,13,21-22H,8-9,12H2,1-3H3. The van der Waals surface area contributed by atoms with Gasteiger partial charge in [-0.05, 0) is 48.2 Å². The molecule has 0 bridgehead atoms. The molecule has 27 heavy (non-hydrogen) atoms. The van der Waals surface area contributed by atoms with Crippen molar-refractivity contribution in [2.75, 3.05) is 27.4 Å². The van der Waals surface area contributed by atoms with Crippen molar-refractivity contribution in [1.29, 1.82) is 0 Å². The minimum atomic E-state index is -0.258. The third kappa shape index (κ3) is 4.17. The predicted octanol–water partition coefficient (Wildman–Crippen LogP) is 3.77. The minimum Gasteiger partial charge on any atom is -0.504 e. The van der Waals surface area contributed by atoms with Gasteiger partial charge in [-0.3, -0.25) is 4.79 Å². The molecule has 144 valence electrons. The van der Waals surface area contributed by atoms with Crippen LogP contribution in [-0.2, 0) is 4.74 Å². The van der Waals surface area contributed by atoms with Crippen LogP contribution in [-0.4, -0.2) is 38.3 Å². The van der Waals surface area contributed by atoms with Crippen molar-refractivity contribution in [2.45, 2.75) is 19.4 Å². The maximum absolute atomic E-state index is 12.4. The fourth-order valence-corrected chi connectivity index (χ4v) is 3.19. The van der Waals surface area contributed by atoms with Gasteiger partial charge in [0.15, 0.2) is 35.4 Å². The maximum Gasteiger partial charge on any atom is 0.200 e. The van der Waals surface area contributed by atoms with Gasteiger partial charge in [0.1, 0.15) is 0 Å². The molecule has 6 heteroatoms. The summed E-state index contributed by atoms with van der Waals surface area (Å²) in [6.45, 7) is 2.75. The van der Waals surface area contributed by atoms with Gasteiger partial charge in [-0.15, -0.1) is 0 Å². The van der Waals surface area contributed by atoms with E-state index in [1.54, 1.807) is 25.3 Å². The van der Waals surface area contributed by atoms with E-state index in [1.807, 2.05) is 12.1 Å². The lowest BCUT2D eigenvalue weighted by Gasteiger charge is -2.17. The summed E-state index contributed by atoms with van der Waals surface area (Å²) in [6.07, 6.45) is 1.09. The van der Waals surface area contributed by atoms with Gasteiger partial charge >= 0.3 is 0 Å². The fraction of sp³-hybridized carbons (Fsp3) is 0.381. The SMILES string of the molecule is COc1ccc(C(=O)COc2ccc(C3OCCC3C)cc2OC)cc1O. The first-order chi connectivity index (χ1) is 13.0. The number of hydrogen-bond donors (Lipinski definition) is 1. The largest absolute Gasteiger partial charge is 0.504 e. The summed E-state index contributed by atoms with van der Waals surface area (Å²) < 4.78 is 21.8. The van der Waals surface area contributed by atoms with Crippen LogP contribution in [0.3, 0.4) is 0 Å². The van der Waals surface area contributed by atoms with E-state index in [0.29, 0.717) is 28.7 Å². The predicted molar refractivity (Wildman–Crippen MR) is 100.0 cm³/mol. The zero-order chi connectivity index (χ0) is 19.4. The smallest absolute Gasteiger partial charge is 0.200 e. The van der Waals surface area contributed by atoms with Crippen LogP contribution in [0.1, 0.15) is 35.4 Å². The molecule has 0 saturated carbocycles. The van der Waals surface area contributed by atoms with Crippen LogP contribution in [0.4, 0.5) is 0 Å². The number of benzene rings is 2. The van der Waals surface area contributed by atoms with Crippen molar-refractivity contribution in [2.24, 2.45) is 5.92 Å². The van der Waals surface area contributed by atoms with Gasteiger partial charge in [-0.2, -0.15) is 0 Å². The summed E-state index contributed by atoms with van der Waals surface area (Å²) >= 11 is 0. The Bertz CT molecular complexity index is 816. The number of phenolic OH excluding ortho intramolecular Hbond substituents is 1. The van der Waals surface area contributed by atoms with Gasteiger partial charge < -0.3 is 24.1 Å². The first-order valence-electron chi connectivity index (χ1n) is 8.86. The molecule has 1 saturated heterocycles. The normalized spacial score (nSPS) is 18.9. The Morgan fingerprint density at radius 2 is 1.85 bits per heavy atom. The van der Waals surface area contributed by atoms with E-state index in [1.165, 1.54) is 13.2 Å². The zero-order valence-electron chi connectivity index (χ0n) is 15.7. The van der Waals surface area contributed by atoms with Crippen molar-refractivity contribution in [3.8, 4) is 23.0 Å². The van der Waals surface area contributed by atoms with Crippen LogP contribution in [0.5, 0.6) is 23.0 Å². The fourth-order valence-electron chi connectivity index (χ4n) is 3.19. The van der Waals surface area contributed by atoms with E-state index in [9.17, 15) is 9.90 Å². The Kier molecular flexibility index (Phi) is 5.86. The Balaban J connectivity index is 1.70. The number of aromatic hydroxyl groups is 1. The van der Waals surface area contributed by atoms with E-state index in [2.05, 4.69) is 6.92 Å². The number of carbonyl (C=O) groups is 1. The molecule has 0 radical (unpaired) electrons. The Morgan fingerprint density at radius 1 is 1.11 bits per heavy atom. The molecule has 0 aliphatic carbocycles. The molecular weight excluding hydrogens is 348 g/mol. The molecule has 1 aliphatic heterocycles. The van der Waals surface area contributed by atoms with Crippen molar-refractivity contribution in [3.05, 3.63) is 47.5 Å². The monoisotopic (exact) mass is 372 g/mol. The first-order valence-corrected chi connectivity index (χ1v) is 8.86. The molecular formula is C21H24O6. The van der Waals surface area contributed by atoms with Crippen molar-refractivity contribution < 1.29 is 28.8 Å². The topological polar surface area (TPSA) is 74.2 Å². The van der Waals surface area contributed by atoms with Gasteiger partial charge in [0.25, 0.3) is 0 Å². The molecule has 2 aromatic rings. The van der Waals surface area contributed by atoms with Gasteiger partial charge in [0.2, 0.25) is 0 Å². The number of carbonyl (C=O) groups excluding carboxylic acids is 1. The molecule has 1 heterocycles. The zero-order valence-corrected chi connectivity index (χ0v) is 15.7. The van der Waals surface area contributed by atoms with Crippen LogP contribution >= 0.6 is 0 Å². The van der Waals surface area contributed by atoms with Gasteiger partial charge in [-0.1, -0.05) is 13.0 Å². The second-order valence-corrected chi connectivity index (χ2v) is 6.57. The van der Waals surface area contributed by atoms with E-state index in [0.717, 1.165) is 18.6 Å². The van der Waals surface area contributed by atoms with Crippen molar-refractivity contribution >= 4 is 5.78 Å². The summed E-state index contributed by atoms with van der Waals surface area (Å²) in [5.74, 6) is 1.46. The lowest BCUT2D eigenvalue weighted by Crippen LogP contribution is -2.12. The molecule has 1 aliphatic rings. The Labute approximate surface area is 158 Å². The summed E-state index contributed by atoms with van der Waals surface area (Å²) in [6, 6.07) is 10.1. The molecule has 0 spiro atoms. The molecule has 0 aromatic heterocycles. The quantitative estimate of drug-likeness (QED) is 0.746. The number of methoxy groups -OCH3 is 2. The van der Waals surface area contributed by atoms with E-state index in [4.69, 9.17) is 18.9 Å². The van der Waals surface area contributed by atoms with E-state index in [-0.39, 0.29) is 24.2 Å². The average Bonchev–Trinajstić information content (AvgIpc) is 3.11. The second-order valence-electron chi connectivity index (χ2n) is 6.57. The van der Waals surface area contributed by atoms with Crippen LogP contribution in [0.2, 0.25) is 0 Å². The molecule has 1 N–H and O–H groups in total. The molecule has 0 amide bonds. The summed E-state index contributed by atoms with van der Waals surface area (Å²) in [7, 11) is 3.02. The number of ether oxygens (including phenoxy) is 4. The summed E-state index contributed by atoms with van der Waals surface area (Å²) in [4.78, 5) is 12.4. The highest BCUT2D eigenvalue weighted by Crippen LogP contribution is 2.38. The summed E-state index contributed by atoms with van der Waals surface area (Å²) in [5, 5.41) is 9.81. The van der Waals surface area contributed by atoms with Gasteiger partial charge in [0, 0.05) is 12.2 Å². The molecule has 6 nitrogen and oxygen atoms in total. The van der Waals surface area contributed by atoms with Gasteiger partial charge in [-0.25, -0.2) is 0 Å². The third-order valence-electron chi connectivity index (χ3n) is 4.76. The lowest BCUT2D eigenvalue weighted by atomic mass is 9.97. The average molecular weight is 372 g/mol. The number of phenols is 1. The number of ketones is 1. The van der Waals surface area contributed by atoms with Crippen LogP contribution in [0, 0.1) is 5.92 Å². The Hall–Kier alpha value is -2.73. The molecule has 2 unspecified atom stereocenters. The Morgan fingerprint density at radius 3 is 2.48 bits per heavy atom. The highest BCUT2D eigenvalue weighted by atomic mass is 16.5. The molecule has 2 atom stereocenters. The minimum absolute atomic E-state index is 0.0526. The molecule has 3 rings (SSSR count). The van der Waals surface area contributed by atoms with Gasteiger partial charge in [0.05, 0.1) is 20.3 Å². The van der Waals surface area contributed by atoms with Crippen LogP contribution in [0.15, 0.2) is 36.4 Å². The van der Waals surface area contributed by atoms with Crippen molar-refractivity contribution in [3.63, 3.8) is 0 Å². The van der Waals surface area contributed by atoms with E-state index < -0.39 is 0 Å². The van der Waals surface area contributed by atoms with Crippen LogP contribution < -0.4 is 14.2 Å². The lowest BCUT2D eigenvalue weighted by molar-refractivity contribution is 0.0913. The third-order valence-corrected chi connectivity index (χ3v) is 4.76. The number of rotatable bonds is 7. The number of hydrogen-bond acceptors (Lipinski definition) is 6. The highest BCUT2D eigenvalue weighted by Gasteiger charge is 2.26. The van der Waals surface area contributed by atoms with Crippen molar-refractivity contribution in [1.82, 2.24) is 0 Å². The maximum atomic E-state index is 12.4.